The van der Waals surface area contributed by atoms with Gasteiger partial charge in [-0.15, -0.1) is 0 Å². The zero-order chi connectivity index (χ0) is 15.5. The first-order valence-electron chi connectivity index (χ1n) is 7.11. The molecule has 0 aliphatic rings. The van der Waals surface area contributed by atoms with Crippen LogP contribution in [0.4, 0.5) is 0 Å². The molecule has 3 aromatic carbocycles. The summed E-state index contributed by atoms with van der Waals surface area (Å²) >= 11 is 3.50. The van der Waals surface area contributed by atoms with Crippen molar-refractivity contribution in [3.8, 4) is 11.1 Å². The van der Waals surface area contributed by atoms with Gasteiger partial charge in [-0.25, -0.2) is 0 Å². The van der Waals surface area contributed by atoms with E-state index in [-0.39, 0.29) is 5.78 Å². The van der Waals surface area contributed by atoms with E-state index in [0.29, 0.717) is 5.56 Å². The highest BCUT2D eigenvalue weighted by atomic mass is 79.9. The minimum absolute atomic E-state index is 0.0475. The summed E-state index contributed by atoms with van der Waals surface area (Å²) in [5.74, 6) is 0.0475. The molecule has 0 unspecified atom stereocenters. The Kier molecular flexibility index (Phi) is 4.21. The molecule has 108 valence electrons. The van der Waals surface area contributed by atoms with Gasteiger partial charge < -0.3 is 0 Å². The zero-order valence-electron chi connectivity index (χ0n) is 12.2. The van der Waals surface area contributed by atoms with Crippen molar-refractivity contribution in [3.63, 3.8) is 0 Å². The van der Waals surface area contributed by atoms with E-state index in [9.17, 15) is 4.79 Å². The Balaban J connectivity index is 2.11. The first-order valence-corrected chi connectivity index (χ1v) is 7.91. The Bertz CT molecular complexity index is 805. The molecule has 0 atom stereocenters. The van der Waals surface area contributed by atoms with Crippen molar-refractivity contribution < 1.29 is 4.79 Å². The summed E-state index contributed by atoms with van der Waals surface area (Å²) in [5, 5.41) is 0. The topological polar surface area (TPSA) is 17.1 Å². The molecule has 0 fully saturated rings. The minimum Gasteiger partial charge on any atom is -0.289 e. The predicted octanol–water partition coefficient (Wildman–Crippen LogP) is 5.66. The van der Waals surface area contributed by atoms with Gasteiger partial charge in [0.15, 0.2) is 5.78 Å². The van der Waals surface area contributed by atoms with Gasteiger partial charge in [-0.3, -0.25) is 4.79 Å². The van der Waals surface area contributed by atoms with Crippen LogP contribution in [0.25, 0.3) is 11.1 Å². The van der Waals surface area contributed by atoms with E-state index in [1.807, 2.05) is 79.7 Å². The molecule has 0 saturated carbocycles. The largest absolute Gasteiger partial charge is 0.289 e. The maximum Gasteiger partial charge on any atom is 0.193 e. The average Bonchev–Trinajstić information content (AvgIpc) is 2.56. The van der Waals surface area contributed by atoms with Crippen LogP contribution in [0.3, 0.4) is 0 Å². The minimum atomic E-state index is 0.0475. The van der Waals surface area contributed by atoms with Gasteiger partial charge in [0.05, 0.1) is 0 Å². The van der Waals surface area contributed by atoms with E-state index in [0.717, 1.165) is 26.7 Å². The van der Waals surface area contributed by atoms with Crippen LogP contribution in [0.2, 0.25) is 0 Å². The van der Waals surface area contributed by atoms with Crippen LogP contribution in [-0.4, -0.2) is 5.78 Å². The Morgan fingerprint density at radius 1 is 0.864 bits per heavy atom. The number of halogens is 1. The number of hydrogen-bond donors (Lipinski definition) is 0. The standard InChI is InChI=1S/C20H15BrO/c1-14-7-9-16(10-8-14)20(22)18-12-11-17(21)13-19(18)15-5-3-2-4-6-15/h2-13H,1H3. The molecule has 0 spiro atoms. The van der Waals surface area contributed by atoms with E-state index in [4.69, 9.17) is 0 Å². The SMILES string of the molecule is Cc1ccc(C(=O)c2ccc(Br)cc2-c2ccccc2)cc1. The first kappa shape index (κ1) is 14.7. The molecule has 0 saturated heterocycles. The number of benzene rings is 3. The molecule has 0 N–H and O–H groups in total. The second-order valence-corrected chi connectivity index (χ2v) is 6.17. The molecule has 0 bridgehead atoms. The van der Waals surface area contributed by atoms with Crippen LogP contribution < -0.4 is 0 Å². The number of hydrogen-bond acceptors (Lipinski definition) is 1. The number of aryl methyl sites for hydroxylation is 1. The maximum absolute atomic E-state index is 12.8. The lowest BCUT2D eigenvalue weighted by Gasteiger charge is -2.10. The van der Waals surface area contributed by atoms with E-state index >= 15 is 0 Å². The van der Waals surface area contributed by atoms with Crippen LogP contribution >= 0.6 is 15.9 Å². The quantitative estimate of drug-likeness (QED) is 0.557. The molecule has 0 heterocycles. The Hall–Kier alpha value is -2.19. The van der Waals surface area contributed by atoms with E-state index < -0.39 is 0 Å². The van der Waals surface area contributed by atoms with Gasteiger partial charge in [-0.2, -0.15) is 0 Å². The first-order chi connectivity index (χ1) is 10.6. The third-order valence-corrected chi connectivity index (χ3v) is 4.12. The van der Waals surface area contributed by atoms with Crippen molar-refractivity contribution in [3.05, 3.63) is 94.0 Å². The molecule has 3 rings (SSSR count). The van der Waals surface area contributed by atoms with Crippen molar-refractivity contribution >= 4 is 21.7 Å². The number of carbonyl (C=O) groups is 1. The molecule has 0 amide bonds. The summed E-state index contributed by atoms with van der Waals surface area (Å²) in [6.45, 7) is 2.02. The Labute approximate surface area is 138 Å². The number of ketones is 1. The summed E-state index contributed by atoms with van der Waals surface area (Å²) in [6, 6.07) is 23.5. The average molecular weight is 351 g/mol. The Morgan fingerprint density at radius 2 is 1.55 bits per heavy atom. The van der Waals surface area contributed by atoms with Crippen LogP contribution in [0.1, 0.15) is 21.5 Å². The molecule has 0 aliphatic carbocycles. The highest BCUT2D eigenvalue weighted by Gasteiger charge is 2.15. The van der Waals surface area contributed by atoms with E-state index in [1.165, 1.54) is 0 Å². The van der Waals surface area contributed by atoms with Crippen molar-refractivity contribution in [1.29, 1.82) is 0 Å². The lowest BCUT2D eigenvalue weighted by Crippen LogP contribution is -2.03. The molecule has 3 aromatic rings. The highest BCUT2D eigenvalue weighted by molar-refractivity contribution is 9.10. The smallest absolute Gasteiger partial charge is 0.193 e. The van der Waals surface area contributed by atoms with Gasteiger partial charge in [0.25, 0.3) is 0 Å². The lowest BCUT2D eigenvalue weighted by molar-refractivity contribution is 0.103. The molecule has 0 aromatic heterocycles. The van der Waals surface area contributed by atoms with Gasteiger partial charge in [0, 0.05) is 15.6 Å². The van der Waals surface area contributed by atoms with Crippen LogP contribution in [0.5, 0.6) is 0 Å². The van der Waals surface area contributed by atoms with Crippen LogP contribution in [0.15, 0.2) is 77.3 Å². The second-order valence-electron chi connectivity index (χ2n) is 5.25. The predicted molar refractivity (Wildman–Crippen MR) is 94.2 cm³/mol. The molecule has 1 nitrogen and oxygen atoms in total. The van der Waals surface area contributed by atoms with Crippen molar-refractivity contribution in [2.24, 2.45) is 0 Å². The monoisotopic (exact) mass is 350 g/mol. The molecule has 2 heteroatoms. The third kappa shape index (κ3) is 3.02. The molecule has 0 aliphatic heterocycles. The van der Waals surface area contributed by atoms with Crippen LogP contribution in [0, 0.1) is 6.92 Å². The van der Waals surface area contributed by atoms with Gasteiger partial charge >= 0.3 is 0 Å². The zero-order valence-corrected chi connectivity index (χ0v) is 13.8. The molecular weight excluding hydrogens is 336 g/mol. The summed E-state index contributed by atoms with van der Waals surface area (Å²) in [7, 11) is 0. The highest BCUT2D eigenvalue weighted by Crippen LogP contribution is 2.29. The second kappa shape index (κ2) is 6.29. The molecule has 22 heavy (non-hydrogen) atoms. The normalized spacial score (nSPS) is 10.5. The Morgan fingerprint density at radius 3 is 2.23 bits per heavy atom. The van der Waals surface area contributed by atoms with Crippen LogP contribution in [-0.2, 0) is 0 Å². The van der Waals surface area contributed by atoms with Crippen molar-refractivity contribution in [1.82, 2.24) is 0 Å². The maximum atomic E-state index is 12.8. The van der Waals surface area contributed by atoms with Gasteiger partial charge in [0.1, 0.15) is 0 Å². The third-order valence-electron chi connectivity index (χ3n) is 3.62. The fourth-order valence-electron chi connectivity index (χ4n) is 2.43. The van der Waals surface area contributed by atoms with Crippen molar-refractivity contribution in [2.45, 2.75) is 6.92 Å². The van der Waals surface area contributed by atoms with Crippen molar-refractivity contribution in [2.75, 3.05) is 0 Å². The summed E-state index contributed by atoms with van der Waals surface area (Å²) < 4.78 is 0.965. The lowest BCUT2D eigenvalue weighted by atomic mass is 9.94. The van der Waals surface area contributed by atoms with Gasteiger partial charge in [-0.1, -0.05) is 76.1 Å². The number of carbonyl (C=O) groups excluding carboxylic acids is 1. The fraction of sp³-hybridized carbons (Fsp3) is 0.0500. The molecule has 0 radical (unpaired) electrons. The van der Waals surface area contributed by atoms with Gasteiger partial charge in [-0.05, 0) is 36.2 Å². The van der Waals surface area contributed by atoms with E-state index in [1.54, 1.807) is 0 Å². The number of rotatable bonds is 3. The summed E-state index contributed by atoms with van der Waals surface area (Å²) in [4.78, 5) is 12.8. The fourth-order valence-corrected chi connectivity index (χ4v) is 2.79. The summed E-state index contributed by atoms with van der Waals surface area (Å²) in [5.41, 5.74) is 4.57. The molecular formula is C20H15BrO. The van der Waals surface area contributed by atoms with E-state index in [2.05, 4.69) is 15.9 Å². The van der Waals surface area contributed by atoms with Gasteiger partial charge in [0.2, 0.25) is 0 Å². The summed E-state index contributed by atoms with van der Waals surface area (Å²) in [6.07, 6.45) is 0.